The van der Waals surface area contributed by atoms with Crippen molar-refractivity contribution in [2.45, 2.75) is 31.3 Å². The van der Waals surface area contributed by atoms with Gasteiger partial charge in [0.1, 0.15) is 24.1 Å². The maximum Gasteiger partial charge on any atom is 0.333 e. The van der Waals surface area contributed by atoms with Crippen molar-refractivity contribution in [3.05, 3.63) is 66.0 Å². The number of nitrogens with one attached hydrogen (secondary N) is 1. The number of nitrogens with zero attached hydrogens (tertiary/aromatic N) is 3. The Labute approximate surface area is 192 Å². The molecule has 4 N–H and O–H groups in total. The first-order valence-electron chi connectivity index (χ1n) is 10.1. The minimum atomic E-state index is -4.24. The lowest BCUT2D eigenvalue weighted by Crippen LogP contribution is -2.33. The molecule has 0 aromatic carbocycles. The quantitative estimate of drug-likeness (QED) is 0.366. The summed E-state index contributed by atoms with van der Waals surface area (Å²) in [6.07, 6.45) is 2.34. The Hall–Kier alpha value is -3.20. The minimum absolute atomic E-state index is 0.00553. The third-order valence-corrected chi connectivity index (χ3v) is 5.92. The zero-order chi connectivity index (χ0) is 24.5. The molecule has 0 amide bonds. The number of furan rings is 1. The lowest BCUT2D eigenvalue weighted by molar-refractivity contribution is 0.0501. The molecule has 1 fully saturated rings. The van der Waals surface area contributed by atoms with Crippen LogP contribution in [-0.4, -0.2) is 58.8 Å². The normalized spacial score (nSPS) is 22.7. The molecule has 1 aliphatic carbocycles. The number of anilines is 1. The van der Waals surface area contributed by atoms with Gasteiger partial charge in [-0.2, -0.15) is 12.8 Å². The van der Waals surface area contributed by atoms with Crippen molar-refractivity contribution in [3.8, 4) is 0 Å². The Morgan fingerprint density at radius 3 is 2.88 bits per heavy atom. The van der Waals surface area contributed by atoms with Gasteiger partial charge in [0.2, 0.25) is 0 Å². The smallest absolute Gasteiger partial charge is 0.333 e. The number of aliphatic hydroxyl groups excluding tert-OH is 1. The van der Waals surface area contributed by atoms with Crippen LogP contribution in [0, 0.1) is 11.9 Å². The number of aliphatic hydroxyl groups is 1. The number of alkyl halides is 1. The molecule has 3 aromatic heterocycles. The Balaban J connectivity index is 1.47. The highest BCUT2D eigenvalue weighted by Gasteiger charge is 2.44. The van der Waals surface area contributed by atoms with Crippen LogP contribution in [0.3, 0.4) is 0 Å². The van der Waals surface area contributed by atoms with E-state index < -0.39 is 52.9 Å². The molecule has 4 rings (SSSR count). The van der Waals surface area contributed by atoms with Gasteiger partial charge in [-0.3, -0.25) is 8.98 Å². The second kappa shape index (κ2) is 9.58. The molecule has 34 heavy (non-hydrogen) atoms. The number of ketones is 1. The van der Waals surface area contributed by atoms with E-state index in [0.29, 0.717) is 5.76 Å². The zero-order valence-corrected chi connectivity index (χ0v) is 18.4. The van der Waals surface area contributed by atoms with Crippen molar-refractivity contribution < 1.29 is 35.7 Å². The van der Waals surface area contributed by atoms with E-state index in [2.05, 4.69) is 19.5 Å². The van der Waals surface area contributed by atoms with E-state index in [1.165, 1.54) is 30.9 Å². The number of rotatable bonds is 9. The first kappa shape index (κ1) is 23.9. The van der Waals surface area contributed by atoms with Gasteiger partial charge < -0.3 is 19.4 Å². The van der Waals surface area contributed by atoms with Gasteiger partial charge in [0, 0.05) is 36.1 Å². The lowest BCUT2D eigenvalue weighted by Gasteiger charge is -2.18. The molecule has 182 valence electrons. The number of halogens is 2. The number of carbonyl (C=O) groups excluding carboxylic acids is 1. The maximum absolute atomic E-state index is 14.7. The van der Waals surface area contributed by atoms with E-state index in [9.17, 15) is 27.1 Å². The fourth-order valence-corrected chi connectivity index (χ4v) is 4.18. The minimum Gasteiger partial charge on any atom is -0.434 e. The summed E-state index contributed by atoms with van der Waals surface area (Å²) in [5.41, 5.74) is 0.350. The molecule has 11 nitrogen and oxygen atoms in total. The van der Waals surface area contributed by atoms with Crippen LogP contribution in [-0.2, 0) is 21.0 Å². The van der Waals surface area contributed by atoms with E-state index in [0.717, 1.165) is 0 Å². The van der Waals surface area contributed by atoms with Crippen molar-refractivity contribution in [1.29, 1.82) is 0 Å². The summed E-state index contributed by atoms with van der Waals surface area (Å²) >= 11 is 0. The third-order valence-electron chi connectivity index (χ3n) is 5.46. The van der Waals surface area contributed by atoms with Crippen molar-refractivity contribution in [1.82, 2.24) is 14.5 Å². The summed E-state index contributed by atoms with van der Waals surface area (Å²) in [5.74, 6) is -0.871. The summed E-state index contributed by atoms with van der Waals surface area (Å²) in [6.45, 7) is -0.277. The van der Waals surface area contributed by atoms with E-state index in [4.69, 9.17) is 9.56 Å². The number of hydrogen-bond donors (Lipinski definition) is 3. The van der Waals surface area contributed by atoms with Crippen LogP contribution >= 0.6 is 0 Å². The third kappa shape index (κ3) is 5.47. The topological polar surface area (TPSA) is 163 Å². The van der Waals surface area contributed by atoms with Gasteiger partial charge in [0.25, 0.3) is 6.01 Å². The summed E-state index contributed by atoms with van der Waals surface area (Å²) < 4.78 is 60.7. The van der Waals surface area contributed by atoms with Gasteiger partial charge in [-0.1, -0.05) is 0 Å². The highest BCUT2D eigenvalue weighted by atomic mass is 32.2. The molecule has 0 radical (unpaired) electrons. The van der Waals surface area contributed by atoms with Crippen LogP contribution in [0.4, 0.5) is 14.6 Å². The molecule has 0 spiro atoms. The van der Waals surface area contributed by atoms with Crippen molar-refractivity contribution >= 4 is 21.9 Å². The predicted octanol–water partition coefficient (Wildman–Crippen LogP) is 1.01. The molecule has 0 unspecified atom stereocenters. The van der Waals surface area contributed by atoms with Gasteiger partial charge in [0.15, 0.2) is 5.78 Å². The number of hydrogen-bond acceptors (Lipinski definition) is 9. The monoisotopic (exact) mass is 497 g/mol. The standard InChI is InChI=1S/C20H21F2N5O6S/c21-16-2-1-13(33-16)8-27-4-3-11(7-27)18(28)14-6-24-10-25-20(14)26-15-5-12(19(29)17(15)22)9-32-34(23,30)31/h1-4,6-7,10,12,15,17,19,29H,5,8-9H2,(H2,23,30,31)(H,24,25,26)/t12-,15-,17-,19-/m1/s1. The Kier molecular flexibility index (Phi) is 6.74. The summed E-state index contributed by atoms with van der Waals surface area (Å²) in [5, 5.41) is 17.7. The van der Waals surface area contributed by atoms with E-state index in [1.807, 2.05) is 0 Å². The average molecular weight is 497 g/mol. The van der Waals surface area contributed by atoms with Gasteiger partial charge in [-0.05, 0) is 18.6 Å². The average Bonchev–Trinajstić information content (AvgIpc) is 3.48. The number of carbonyl (C=O) groups is 1. The molecule has 0 bridgehead atoms. The summed E-state index contributed by atoms with van der Waals surface area (Å²) in [6, 6.07) is 2.54. The largest absolute Gasteiger partial charge is 0.434 e. The van der Waals surface area contributed by atoms with Gasteiger partial charge in [-0.25, -0.2) is 19.5 Å². The van der Waals surface area contributed by atoms with Crippen LogP contribution in [0.15, 0.2) is 47.5 Å². The Morgan fingerprint density at radius 1 is 1.38 bits per heavy atom. The fraction of sp³-hybridized carbons (Fsp3) is 0.350. The second-order valence-corrected chi connectivity index (χ2v) is 9.07. The molecular formula is C20H21F2N5O6S. The van der Waals surface area contributed by atoms with Crippen molar-refractivity contribution in [2.75, 3.05) is 11.9 Å². The molecule has 4 atom stereocenters. The molecule has 1 aliphatic rings. The van der Waals surface area contributed by atoms with Crippen LogP contribution < -0.4 is 10.5 Å². The van der Waals surface area contributed by atoms with Crippen molar-refractivity contribution in [2.24, 2.45) is 11.1 Å². The molecule has 3 aromatic rings. The van der Waals surface area contributed by atoms with E-state index in [1.54, 1.807) is 16.8 Å². The molecule has 14 heteroatoms. The summed E-state index contributed by atoms with van der Waals surface area (Å²) in [7, 11) is -4.24. The molecule has 1 saturated carbocycles. The first-order chi connectivity index (χ1) is 16.1. The van der Waals surface area contributed by atoms with Crippen LogP contribution in [0.25, 0.3) is 0 Å². The molecular weight excluding hydrogens is 476 g/mol. The highest BCUT2D eigenvalue weighted by molar-refractivity contribution is 7.84. The zero-order valence-electron chi connectivity index (χ0n) is 17.5. The molecule has 0 aliphatic heterocycles. The second-order valence-electron chi connectivity index (χ2n) is 7.85. The first-order valence-corrected chi connectivity index (χ1v) is 11.6. The molecule has 0 saturated heterocycles. The lowest BCUT2D eigenvalue weighted by atomic mass is 10.1. The molecule has 3 heterocycles. The van der Waals surface area contributed by atoms with Gasteiger partial charge in [0.05, 0.1) is 30.9 Å². The van der Waals surface area contributed by atoms with E-state index in [-0.39, 0.29) is 29.9 Å². The highest BCUT2D eigenvalue weighted by Crippen LogP contribution is 2.32. The van der Waals surface area contributed by atoms with Crippen molar-refractivity contribution in [3.63, 3.8) is 0 Å². The fourth-order valence-electron chi connectivity index (χ4n) is 3.81. The predicted molar refractivity (Wildman–Crippen MR) is 113 cm³/mol. The van der Waals surface area contributed by atoms with Gasteiger partial charge in [-0.15, -0.1) is 0 Å². The van der Waals surface area contributed by atoms with Crippen LogP contribution in [0.2, 0.25) is 0 Å². The van der Waals surface area contributed by atoms with E-state index >= 15 is 0 Å². The number of aromatic nitrogens is 3. The Bertz CT molecular complexity index is 1280. The van der Waals surface area contributed by atoms with Gasteiger partial charge >= 0.3 is 10.3 Å². The summed E-state index contributed by atoms with van der Waals surface area (Å²) in [4.78, 5) is 21.0. The Morgan fingerprint density at radius 2 is 2.18 bits per heavy atom. The van der Waals surface area contributed by atoms with Crippen LogP contribution in [0.5, 0.6) is 0 Å². The number of nitrogens with two attached hydrogens (primary N) is 1. The van der Waals surface area contributed by atoms with Crippen LogP contribution in [0.1, 0.15) is 28.1 Å². The SMILES string of the molecule is NS(=O)(=O)OC[C@H]1C[C@@H](Nc2ncncc2C(=O)c2ccn(Cc3ccc(F)o3)c2)[C@@H](F)[C@@H]1O. The maximum atomic E-state index is 14.7.